The van der Waals surface area contributed by atoms with Crippen LogP contribution in [0.1, 0.15) is 57.5 Å². The van der Waals surface area contributed by atoms with E-state index in [9.17, 15) is 9.59 Å². The van der Waals surface area contributed by atoms with Gasteiger partial charge in [-0.1, -0.05) is 24.3 Å². The van der Waals surface area contributed by atoms with Gasteiger partial charge in [-0.25, -0.2) is 14.6 Å². The van der Waals surface area contributed by atoms with Crippen molar-refractivity contribution in [3.05, 3.63) is 72.2 Å². The molecule has 2 amide bonds. The third-order valence-corrected chi connectivity index (χ3v) is 7.67. The molecular formula is C33H37N7O4. The summed E-state index contributed by atoms with van der Waals surface area (Å²) in [6.45, 7) is 6.90. The summed E-state index contributed by atoms with van der Waals surface area (Å²) in [5.41, 5.74) is 5.36. The van der Waals surface area contributed by atoms with Crippen LogP contribution < -0.4 is 15.4 Å². The Labute approximate surface area is 256 Å². The van der Waals surface area contributed by atoms with Gasteiger partial charge in [0.1, 0.15) is 17.8 Å². The molecule has 6 rings (SSSR count). The molecule has 1 atom stereocenters. The molecule has 2 N–H and O–H groups in total. The highest BCUT2D eigenvalue weighted by Crippen LogP contribution is 2.33. The van der Waals surface area contributed by atoms with E-state index in [0.717, 1.165) is 59.5 Å². The summed E-state index contributed by atoms with van der Waals surface area (Å²) in [6.07, 6.45) is 7.13. The zero-order chi connectivity index (χ0) is 30.6. The molecule has 2 aliphatic heterocycles. The van der Waals surface area contributed by atoms with Crippen molar-refractivity contribution in [2.75, 3.05) is 18.5 Å². The van der Waals surface area contributed by atoms with Crippen LogP contribution in [0.15, 0.2) is 60.9 Å². The number of hydrogen-bond donors (Lipinski definition) is 2. The van der Waals surface area contributed by atoms with Crippen molar-refractivity contribution in [2.45, 2.75) is 65.4 Å². The number of amides is 2. The molecule has 0 bridgehead atoms. The molecule has 1 saturated heterocycles. The quantitative estimate of drug-likeness (QED) is 0.270. The molecule has 0 spiro atoms. The van der Waals surface area contributed by atoms with Crippen LogP contribution in [-0.2, 0) is 27.4 Å². The Morgan fingerprint density at radius 1 is 1.05 bits per heavy atom. The van der Waals surface area contributed by atoms with Crippen LogP contribution in [0.2, 0.25) is 0 Å². The van der Waals surface area contributed by atoms with E-state index >= 15 is 0 Å². The molecule has 228 valence electrons. The second-order valence-electron chi connectivity index (χ2n) is 11.5. The summed E-state index contributed by atoms with van der Waals surface area (Å²) in [5.74, 6) is 1.48. The lowest BCUT2D eigenvalue weighted by molar-refractivity contribution is -0.129. The lowest BCUT2D eigenvalue weighted by Gasteiger charge is -2.22. The van der Waals surface area contributed by atoms with Crippen molar-refractivity contribution in [3.8, 4) is 28.3 Å². The monoisotopic (exact) mass is 595 g/mol. The fourth-order valence-corrected chi connectivity index (χ4v) is 5.41. The largest absolute Gasteiger partial charge is 0.484 e. The Balaban J connectivity index is 1.23. The number of benzene rings is 2. The van der Waals surface area contributed by atoms with Gasteiger partial charge in [-0.05, 0) is 62.9 Å². The van der Waals surface area contributed by atoms with Crippen LogP contribution in [0, 0.1) is 0 Å². The molecule has 2 aliphatic rings. The van der Waals surface area contributed by atoms with E-state index in [-0.39, 0.29) is 30.7 Å². The van der Waals surface area contributed by atoms with Gasteiger partial charge in [-0.2, -0.15) is 5.10 Å². The lowest BCUT2D eigenvalue weighted by atomic mass is 10.1. The van der Waals surface area contributed by atoms with Crippen LogP contribution >= 0.6 is 0 Å². The number of carbonyl (C=O) groups is 2. The van der Waals surface area contributed by atoms with E-state index in [2.05, 4.69) is 15.7 Å². The summed E-state index contributed by atoms with van der Waals surface area (Å²) in [6, 6.07) is 15.5. The van der Waals surface area contributed by atoms with Crippen LogP contribution in [0.4, 0.5) is 11.5 Å². The fraction of sp³-hybridized carbons (Fsp3) is 0.364. The average Bonchev–Trinajstić information content (AvgIpc) is 3.69. The van der Waals surface area contributed by atoms with E-state index in [1.165, 1.54) is 0 Å². The maximum absolute atomic E-state index is 12.2. The van der Waals surface area contributed by atoms with Crippen LogP contribution in [0.3, 0.4) is 0 Å². The molecule has 11 heteroatoms. The molecule has 2 aromatic carbocycles. The molecule has 4 heterocycles. The summed E-state index contributed by atoms with van der Waals surface area (Å²) in [7, 11) is 0. The summed E-state index contributed by atoms with van der Waals surface area (Å²) >= 11 is 0. The van der Waals surface area contributed by atoms with Crippen molar-refractivity contribution in [2.24, 2.45) is 0 Å². The van der Waals surface area contributed by atoms with Crippen LogP contribution in [0.5, 0.6) is 5.75 Å². The maximum atomic E-state index is 12.2. The highest BCUT2D eigenvalue weighted by Gasteiger charge is 2.27. The van der Waals surface area contributed by atoms with E-state index < -0.39 is 0 Å². The Morgan fingerprint density at radius 3 is 2.64 bits per heavy atom. The molecule has 11 nitrogen and oxygen atoms in total. The third kappa shape index (κ3) is 6.73. The van der Waals surface area contributed by atoms with E-state index in [1.54, 1.807) is 17.9 Å². The minimum Gasteiger partial charge on any atom is -0.484 e. The van der Waals surface area contributed by atoms with Gasteiger partial charge in [0.2, 0.25) is 5.91 Å². The van der Waals surface area contributed by atoms with Gasteiger partial charge < -0.3 is 25.0 Å². The third-order valence-electron chi connectivity index (χ3n) is 7.67. The molecule has 2 aromatic heterocycles. The first kappa shape index (κ1) is 29.3. The molecule has 0 radical (unpaired) electrons. The molecule has 0 saturated carbocycles. The van der Waals surface area contributed by atoms with E-state index in [4.69, 9.17) is 19.4 Å². The number of fused-ring (bicyclic) bond motifs is 1. The molecule has 0 aliphatic carbocycles. The van der Waals surface area contributed by atoms with Gasteiger partial charge >= 0.3 is 0 Å². The van der Waals surface area contributed by atoms with Gasteiger partial charge in [-0.3, -0.25) is 9.59 Å². The molecule has 44 heavy (non-hydrogen) atoms. The predicted molar refractivity (Wildman–Crippen MR) is 166 cm³/mol. The topological polar surface area (TPSA) is 124 Å². The van der Waals surface area contributed by atoms with Crippen molar-refractivity contribution in [1.29, 1.82) is 0 Å². The van der Waals surface area contributed by atoms with Gasteiger partial charge in [0.05, 0.1) is 25.0 Å². The summed E-state index contributed by atoms with van der Waals surface area (Å²) in [5, 5.41) is 10.8. The molecular weight excluding hydrogens is 558 g/mol. The number of aromatic nitrogens is 4. The summed E-state index contributed by atoms with van der Waals surface area (Å²) < 4.78 is 13.5. The van der Waals surface area contributed by atoms with Crippen molar-refractivity contribution >= 4 is 23.3 Å². The van der Waals surface area contributed by atoms with E-state index in [1.807, 2.05) is 73.4 Å². The number of anilines is 2. The average molecular weight is 596 g/mol. The normalized spacial score (nSPS) is 16.1. The Kier molecular flexibility index (Phi) is 8.56. The number of ether oxygens (including phenoxy) is 2. The van der Waals surface area contributed by atoms with Crippen LogP contribution in [-0.4, -0.2) is 55.7 Å². The molecule has 1 fully saturated rings. The first-order valence-electron chi connectivity index (χ1n) is 15.0. The van der Waals surface area contributed by atoms with Crippen molar-refractivity contribution in [3.63, 3.8) is 0 Å². The van der Waals surface area contributed by atoms with Gasteiger partial charge in [-0.15, -0.1) is 0 Å². The Morgan fingerprint density at radius 2 is 1.89 bits per heavy atom. The Hall–Kier alpha value is -4.77. The van der Waals surface area contributed by atoms with Gasteiger partial charge in [0.15, 0.2) is 12.4 Å². The smallest absolute Gasteiger partial charge is 0.258 e. The summed E-state index contributed by atoms with van der Waals surface area (Å²) in [4.78, 5) is 35.8. The van der Waals surface area contributed by atoms with Gasteiger partial charge in [0, 0.05) is 48.1 Å². The van der Waals surface area contributed by atoms with Gasteiger partial charge in [0.25, 0.3) is 5.91 Å². The predicted octanol–water partition coefficient (Wildman–Crippen LogP) is 5.22. The number of nitrogens with zero attached hydrogens (tertiary/aromatic N) is 5. The van der Waals surface area contributed by atoms with E-state index in [0.29, 0.717) is 30.5 Å². The first-order valence-corrected chi connectivity index (χ1v) is 15.0. The maximum Gasteiger partial charge on any atom is 0.258 e. The lowest BCUT2D eigenvalue weighted by Crippen LogP contribution is -2.34. The Bertz CT molecular complexity index is 1640. The minimum absolute atomic E-state index is 0.00121. The minimum atomic E-state index is -0.187. The zero-order valence-electron chi connectivity index (χ0n) is 25.2. The SMILES string of the molecule is CC(=O)N1Cc2nc(-c3cccc(OCC(=O)NC(C)C)c3)nc(Nc3ccc(-c4cnn(C5CCCCO5)c4)cc3)c2C1. The second-order valence-corrected chi connectivity index (χ2v) is 11.5. The van der Waals surface area contributed by atoms with Crippen molar-refractivity contribution in [1.82, 2.24) is 30.0 Å². The molecule has 4 aromatic rings. The highest BCUT2D eigenvalue weighted by molar-refractivity contribution is 5.78. The fourth-order valence-electron chi connectivity index (χ4n) is 5.41. The van der Waals surface area contributed by atoms with Crippen LogP contribution in [0.25, 0.3) is 22.5 Å². The van der Waals surface area contributed by atoms with Crippen molar-refractivity contribution < 1.29 is 19.1 Å². The number of nitrogens with one attached hydrogen (secondary N) is 2. The highest BCUT2D eigenvalue weighted by atomic mass is 16.5. The number of hydrogen-bond acceptors (Lipinski definition) is 8. The standard InChI is InChI=1S/C33H37N7O4/c1-21(2)35-30(42)20-44-27-8-6-7-24(15-27)32-37-29-19-39(22(3)41)18-28(29)33(38-32)36-26-12-10-23(11-13-26)25-16-34-40(17-25)31-9-4-5-14-43-31/h6-8,10-13,15-17,21,31H,4-5,9,14,18-20H2,1-3H3,(H,35,42)(H,36,37,38). The molecule has 1 unspecified atom stereocenters. The first-order chi connectivity index (χ1) is 21.3. The zero-order valence-corrected chi connectivity index (χ0v) is 25.2. The number of carbonyl (C=O) groups excluding carboxylic acids is 2. The second kappa shape index (κ2) is 12.8. The number of rotatable bonds is 9.